The molecule has 9 nitrogen and oxygen atoms in total. The molecule has 11 heteroatoms. The molecule has 1 fully saturated rings. The summed E-state index contributed by atoms with van der Waals surface area (Å²) in [6, 6.07) is 0.958. The highest BCUT2D eigenvalue weighted by molar-refractivity contribution is 5.91. The van der Waals surface area contributed by atoms with Gasteiger partial charge in [0.1, 0.15) is 12.1 Å². The molecule has 2 N–H and O–H groups in total. The van der Waals surface area contributed by atoms with Crippen LogP contribution in [-0.2, 0) is 4.79 Å². The molecule has 4 rings (SSSR count). The van der Waals surface area contributed by atoms with E-state index in [9.17, 15) is 18.4 Å². The van der Waals surface area contributed by atoms with Gasteiger partial charge in [0, 0.05) is 37.8 Å². The minimum absolute atomic E-state index is 0.00685. The number of carbonyl (C=O) groups is 2. The molecule has 0 bridgehead atoms. The van der Waals surface area contributed by atoms with Gasteiger partial charge in [0.2, 0.25) is 5.91 Å². The van der Waals surface area contributed by atoms with Crippen LogP contribution in [0.3, 0.4) is 0 Å². The van der Waals surface area contributed by atoms with E-state index < -0.39 is 29.3 Å². The Hall–Kier alpha value is -3.50. The number of halogens is 2. The lowest BCUT2D eigenvalue weighted by Gasteiger charge is -2.34. The monoisotopic (exact) mass is 415 g/mol. The van der Waals surface area contributed by atoms with E-state index in [1.807, 2.05) is 0 Å². The molecule has 0 saturated carbocycles. The number of piperidine rings is 1. The number of aromatic nitrogens is 3. The molecule has 2 amide bonds. The number of hydrazone groups is 1. The van der Waals surface area contributed by atoms with Crippen LogP contribution in [0.1, 0.15) is 41.4 Å². The Kier molecular flexibility index (Phi) is 5.34. The Morgan fingerprint density at radius 2 is 1.90 bits per heavy atom. The molecule has 30 heavy (non-hydrogen) atoms. The number of hydrogen-bond acceptors (Lipinski definition) is 7. The zero-order valence-corrected chi connectivity index (χ0v) is 15.9. The van der Waals surface area contributed by atoms with Crippen LogP contribution in [-0.4, -0.2) is 51.1 Å². The first kappa shape index (κ1) is 19.8. The van der Waals surface area contributed by atoms with Crippen LogP contribution in [0.2, 0.25) is 0 Å². The van der Waals surface area contributed by atoms with Crippen LogP contribution in [0.15, 0.2) is 29.9 Å². The molecule has 2 aromatic rings. The number of pyridine rings is 1. The first-order chi connectivity index (χ1) is 14.5. The van der Waals surface area contributed by atoms with Crippen molar-refractivity contribution in [2.75, 3.05) is 18.0 Å². The van der Waals surface area contributed by atoms with Crippen LogP contribution in [0.4, 0.5) is 14.6 Å². The van der Waals surface area contributed by atoms with Gasteiger partial charge in [-0.2, -0.15) is 5.10 Å². The van der Waals surface area contributed by atoms with Gasteiger partial charge in [-0.25, -0.2) is 23.8 Å². The van der Waals surface area contributed by atoms with E-state index in [1.54, 1.807) is 11.1 Å². The van der Waals surface area contributed by atoms with Crippen molar-refractivity contribution in [2.45, 2.75) is 25.3 Å². The summed E-state index contributed by atoms with van der Waals surface area (Å²) in [4.78, 5) is 37.3. The topological polar surface area (TPSA) is 118 Å². The third-order valence-electron chi connectivity index (χ3n) is 5.31. The van der Waals surface area contributed by atoms with Crippen molar-refractivity contribution < 1.29 is 18.4 Å². The summed E-state index contributed by atoms with van der Waals surface area (Å²) < 4.78 is 28.0. The van der Waals surface area contributed by atoms with Gasteiger partial charge in [-0.3, -0.25) is 14.6 Å². The average Bonchev–Trinajstić information content (AvgIpc) is 3.23. The summed E-state index contributed by atoms with van der Waals surface area (Å²) in [5.74, 6) is -2.79. The van der Waals surface area contributed by atoms with Gasteiger partial charge in [-0.15, -0.1) is 0 Å². The van der Waals surface area contributed by atoms with Crippen molar-refractivity contribution in [1.29, 1.82) is 0 Å². The van der Waals surface area contributed by atoms with E-state index in [4.69, 9.17) is 5.73 Å². The third kappa shape index (κ3) is 3.70. The Balaban J connectivity index is 1.44. The maximum Gasteiger partial charge on any atom is 0.270 e. The van der Waals surface area contributed by atoms with E-state index in [0.29, 0.717) is 37.9 Å². The number of primary amides is 1. The Bertz CT molecular complexity index is 1010. The van der Waals surface area contributed by atoms with Crippen LogP contribution in [0.25, 0.3) is 0 Å². The molecule has 0 aliphatic carbocycles. The van der Waals surface area contributed by atoms with Crippen molar-refractivity contribution in [2.24, 2.45) is 16.8 Å². The number of amides is 2. The van der Waals surface area contributed by atoms with E-state index in [-0.39, 0.29) is 17.6 Å². The first-order valence-corrected chi connectivity index (χ1v) is 9.47. The van der Waals surface area contributed by atoms with Crippen molar-refractivity contribution in [3.8, 4) is 0 Å². The van der Waals surface area contributed by atoms with Gasteiger partial charge in [-0.1, -0.05) is 0 Å². The normalized spacial score (nSPS) is 19.3. The largest absolute Gasteiger partial charge is 0.364 e. The molecule has 0 spiro atoms. The van der Waals surface area contributed by atoms with Gasteiger partial charge in [0.05, 0.1) is 12.2 Å². The highest BCUT2D eigenvalue weighted by atomic mass is 19.1. The fourth-order valence-electron chi connectivity index (χ4n) is 3.79. The van der Waals surface area contributed by atoms with E-state index >= 15 is 0 Å². The third-order valence-corrected chi connectivity index (χ3v) is 5.31. The Labute approximate surface area is 170 Å². The molecule has 1 saturated heterocycles. The predicted molar refractivity (Wildman–Crippen MR) is 102 cm³/mol. The maximum absolute atomic E-state index is 14.5. The zero-order chi connectivity index (χ0) is 21.3. The summed E-state index contributed by atoms with van der Waals surface area (Å²) in [6.07, 6.45) is 6.74. The maximum atomic E-state index is 14.5. The molecule has 1 unspecified atom stereocenters. The quantitative estimate of drug-likeness (QED) is 0.807. The first-order valence-electron chi connectivity index (χ1n) is 9.47. The second-order valence-electron chi connectivity index (χ2n) is 7.15. The highest BCUT2D eigenvalue weighted by Gasteiger charge is 2.35. The van der Waals surface area contributed by atoms with Crippen LogP contribution in [0, 0.1) is 17.6 Å². The number of rotatable bonds is 4. The summed E-state index contributed by atoms with van der Waals surface area (Å²) in [5.41, 5.74) is 5.26. The second kappa shape index (κ2) is 8.09. The Morgan fingerprint density at radius 1 is 1.13 bits per heavy atom. The molecule has 4 heterocycles. The summed E-state index contributed by atoms with van der Waals surface area (Å²) in [7, 11) is 0. The number of nitrogens with zero attached hydrogens (tertiary/aromatic N) is 6. The van der Waals surface area contributed by atoms with Crippen LogP contribution >= 0.6 is 0 Å². The van der Waals surface area contributed by atoms with Gasteiger partial charge in [0.25, 0.3) is 5.91 Å². The average molecular weight is 415 g/mol. The molecule has 0 radical (unpaired) electrons. The number of anilines is 1. The number of hydrogen-bond donors (Lipinski definition) is 1. The molecule has 156 valence electrons. The minimum Gasteiger partial charge on any atom is -0.364 e. The lowest BCUT2D eigenvalue weighted by molar-refractivity contribution is -0.138. The SMILES string of the molecule is NC(=O)c1ncnc(N2CCC(C(=O)N3N=CCC3c3cncc(F)c3)CC2)c1F. The molecule has 2 aliphatic heterocycles. The molecule has 2 aliphatic rings. The summed E-state index contributed by atoms with van der Waals surface area (Å²) >= 11 is 0. The fourth-order valence-corrected chi connectivity index (χ4v) is 3.79. The van der Waals surface area contributed by atoms with Gasteiger partial charge in [-0.05, 0) is 24.5 Å². The minimum atomic E-state index is -0.967. The van der Waals surface area contributed by atoms with E-state index in [2.05, 4.69) is 20.1 Å². The van der Waals surface area contributed by atoms with Gasteiger partial charge in [0.15, 0.2) is 17.3 Å². The molecule has 0 aromatic carbocycles. The number of carbonyl (C=O) groups excluding carboxylic acids is 2. The van der Waals surface area contributed by atoms with Gasteiger partial charge < -0.3 is 10.6 Å². The lowest BCUT2D eigenvalue weighted by atomic mass is 9.94. The summed E-state index contributed by atoms with van der Waals surface area (Å²) in [6.45, 7) is 0.735. The van der Waals surface area contributed by atoms with E-state index in [1.165, 1.54) is 17.3 Å². The summed E-state index contributed by atoms with van der Waals surface area (Å²) in [5, 5.41) is 5.57. The predicted octanol–water partition coefficient (Wildman–Crippen LogP) is 1.42. The lowest BCUT2D eigenvalue weighted by Crippen LogP contribution is -2.42. The van der Waals surface area contributed by atoms with Crippen molar-refractivity contribution >= 4 is 23.8 Å². The zero-order valence-electron chi connectivity index (χ0n) is 15.9. The fraction of sp³-hybridized carbons (Fsp3) is 0.368. The van der Waals surface area contributed by atoms with Crippen molar-refractivity contribution in [1.82, 2.24) is 20.0 Å². The number of nitrogens with two attached hydrogens (primary N) is 1. The standard InChI is InChI=1S/C19H19F2N7O2/c20-13-7-12(8-23-9-13)14-1-4-26-28(14)19(30)11-2-5-27(6-3-11)18-15(21)16(17(22)29)24-10-25-18/h4,7-11,14H,1-3,5-6H2,(H2,22,29). The van der Waals surface area contributed by atoms with Gasteiger partial charge >= 0.3 is 0 Å². The van der Waals surface area contributed by atoms with Crippen LogP contribution < -0.4 is 10.6 Å². The second-order valence-corrected chi connectivity index (χ2v) is 7.15. The highest BCUT2D eigenvalue weighted by Crippen LogP contribution is 2.32. The molecule has 2 aromatic heterocycles. The van der Waals surface area contributed by atoms with Crippen molar-refractivity contribution in [3.05, 3.63) is 47.7 Å². The molecular weight excluding hydrogens is 396 g/mol. The smallest absolute Gasteiger partial charge is 0.270 e. The van der Waals surface area contributed by atoms with Crippen molar-refractivity contribution in [3.63, 3.8) is 0 Å². The molecular formula is C19H19F2N7O2. The molecule has 1 atom stereocenters. The van der Waals surface area contributed by atoms with Crippen LogP contribution in [0.5, 0.6) is 0 Å². The van der Waals surface area contributed by atoms with E-state index in [0.717, 1.165) is 12.5 Å². The Morgan fingerprint density at radius 3 is 2.60 bits per heavy atom.